The van der Waals surface area contributed by atoms with E-state index in [2.05, 4.69) is 35.2 Å². The minimum atomic E-state index is -0.336. The fourth-order valence-electron chi connectivity index (χ4n) is 6.02. The van der Waals surface area contributed by atoms with Crippen LogP contribution in [0, 0.1) is 34.9 Å². The van der Waals surface area contributed by atoms with Gasteiger partial charge in [-0.2, -0.15) is 5.26 Å². The van der Waals surface area contributed by atoms with Crippen LogP contribution in [-0.2, 0) is 0 Å². The molecule has 1 N–H and O–H groups in total. The molecule has 0 radical (unpaired) electrons. The summed E-state index contributed by atoms with van der Waals surface area (Å²) in [6, 6.07) is 12.1. The molecule has 2 aliphatic carbocycles. The highest BCUT2D eigenvalue weighted by atomic mass is 19.1. The number of amides is 1. The number of hydrogen-bond acceptors (Lipinski definition) is 4. The Labute approximate surface area is 193 Å². The number of hydrogen-bond donors (Lipinski definition) is 1. The number of halogens is 1. The Bertz CT molecular complexity index is 1230. The Morgan fingerprint density at radius 3 is 2.52 bits per heavy atom. The highest BCUT2D eigenvalue weighted by Crippen LogP contribution is 2.55. The molecular weight excluding hydrogens is 415 g/mol. The molecule has 2 heterocycles. The highest BCUT2D eigenvalue weighted by molar-refractivity contribution is 5.94. The normalized spacial score (nSPS) is 24.4. The Morgan fingerprint density at radius 1 is 1.09 bits per heavy atom. The first-order valence-corrected chi connectivity index (χ1v) is 11.6. The van der Waals surface area contributed by atoms with Gasteiger partial charge in [-0.05, 0) is 105 Å². The van der Waals surface area contributed by atoms with Crippen molar-refractivity contribution in [2.45, 2.75) is 51.0 Å². The zero-order valence-corrected chi connectivity index (χ0v) is 18.9. The number of nitriles is 1. The lowest BCUT2D eigenvalue weighted by molar-refractivity contribution is 0.0877. The van der Waals surface area contributed by atoms with Gasteiger partial charge in [-0.3, -0.25) is 9.78 Å². The van der Waals surface area contributed by atoms with E-state index in [1.165, 1.54) is 17.8 Å². The molecule has 0 aliphatic heterocycles. The van der Waals surface area contributed by atoms with E-state index in [-0.39, 0.29) is 17.3 Å². The lowest BCUT2D eigenvalue weighted by Gasteiger charge is -2.34. The van der Waals surface area contributed by atoms with Gasteiger partial charge in [0.2, 0.25) is 0 Å². The van der Waals surface area contributed by atoms with Crippen molar-refractivity contribution in [3.8, 4) is 6.07 Å². The number of pyridine rings is 2. The van der Waals surface area contributed by atoms with Gasteiger partial charge in [0.25, 0.3) is 5.91 Å². The number of nitrogens with zero attached hydrogens (tertiary/aromatic N) is 3. The summed E-state index contributed by atoms with van der Waals surface area (Å²) in [5, 5.41) is 13.0. The Morgan fingerprint density at radius 2 is 1.85 bits per heavy atom. The largest absolute Gasteiger partial charge is 0.347 e. The molecule has 5 rings (SSSR count). The van der Waals surface area contributed by atoms with Crippen LogP contribution in [0.1, 0.15) is 67.1 Å². The van der Waals surface area contributed by atoms with Gasteiger partial charge < -0.3 is 5.32 Å². The van der Waals surface area contributed by atoms with E-state index in [0.717, 1.165) is 36.6 Å². The fraction of sp³-hybridized carbons (Fsp3) is 0.407. The zero-order chi connectivity index (χ0) is 23.2. The van der Waals surface area contributed by atoms with Crippen LogP contribution in [0.3, 0.4) is 0 Å². The van der Waals surface area contributed by atoms with Gasteiger partial charge in [0.05, 0.1) is 11.1 Å². The third-order valence-corrected chi connectivity index (χ3v) is 7.79. The van der Waals surface area contributed by atoms with E-state index in [9.17, 15) is 9.18 Å². The summed E-state index contributed by atoms with van der Waals surface area (Å²) < 4.78 is 13.9. The maximum atomic E-state index is 13.9. The van der Waals surface area contributed by atoms with Gasteiger partial charge in [0, 0.05) is 23.3 Å². The average molecular weight is 443 g/mol. The molecule has 2 saturated carbocycles. The molecule has 1 amide bonds. The number of fused-ring (bicyclic) bond motifs is 2. The molecular formula is C27H27FN4O. The SMILES string of the molecule is CC(C)(NC(=O)c1ccc(C#N)nc1)C1C[C@H]2CC(c3ccnc4ccc(F)cc34)C[C@H]2C1. The van der Waals surface area contributed by atoms with Crippen molar-refractivity contribution >= 4 is 16.8 Å². The van der Waals surface area contributed by atoms with Gasteiger partial charge in [-0.15, -0.1) is 0 Å². The number of nitrogens with one attached hydrogen (secondary N) is 1. The van der Waals surface area contributed by atoms with Gasteiger partial charge in [0.15, 0.2) is 0 Å². The zero-order valence-electron chi connectivity index (χ0n) is 18.9. The van der Waals surface area contributed by atoms with E-state index in [1.54, 1.807) is 24.3 Å². The molecule has 0 bridgehead atoms. The minimum absolute atomic E-state index is 0.155. The number of aromatic nitrogens is 2. The first-order valence-electron chi connectivity index (χ1n) is 11.6. The van der Waals surface area contributed by atoms with Crippen LogP contribution in [0.2, 0.25) is 0 Å². The Kier molecular flexibility index (Phi) is 5.36. The number of benzene rings is 1. The van der Waals surface area contributed by atoms with Gasteiger partial charge in [0.1, 0.15) is 17.6 Å². The van der Waals surface area contributed by atoms with Gasteiger partial charge in [-0.25, -0.2) is 9.37 Å². The topological polar surface area (TPSA) is 78.7 Å². The predicted molar refractivity (Wildman–Crippen MR) is 124 cm³/mol. The number of rotatable bonds is 4. The van der Waals surface area contributed by atoms with Gasteiger partial charge in [-0.1, -0.05) is 0 Å². The molecule has 0 saturated heterocycles. The van der Waals surface area contributed by atoms with Crippen LogP contribution in [-0.4, -0.2) is 21.4 Å². The Balaban J connectivity index is 1.26. The molecule has 4 atom stereocenters. The van der Waals surface area contributed by atoms with Crippen LogP contribution >= 0.6 is 0 Å². The first kappa shape index (κ1) is 21.5. The van der Waals surface area contributed by atoms with Crippen molar-refractivity contribution in [1.82, 2.24) is 15.3 Å². The lowest BCUT2D eigenvalue weighted by Crippen LogP contribution is -2.48. The molecule has 168 valence electrons. The molecule has 5 nitrogen and oxygen atoms in total. The van der Waals surface area contributed by atoms with Crippen LogP contribution < -0.4 is 5.32 Å². The quantitative estimate of drug-likeness (QED) is 0.589. The van der Waals surface area contributed by atoms with Crippen molar-refractivity contribution < 1.29 is 9.18 Å². The van der Waals surface area contributed by atoms with E-state index in [1.807, 2.05) is 12.3 Å². The maximum absolute atomic E-state index is 13.9. The maximum Gasteiger partial charge on any atom is 0.253 e. The second-order valence-electron chi connectivity index (χ2n) is 10.1. The van der Waals surface area contributed by atoms with Crippen LogP contribution in [0.4, 0.5) is 4.39 Å². The van der Waals surface area contributed by atoms with E-state index >= 15 is 0 Å². The van der Waals surface area contributed by atoms with Crippen LogP contribution in [0.15, 0.2) is 48.8 Å². The molecule has 6 heteroatoms. The van der Waals surface area contributed by atoms with Crippen LogP contribution in [0.25, 0.3) is 10.9 Å². The van der Waals surface area contributed by atoms with E-state index in [0.29, 0.717) is 34.9 Å². The third kappa shape index (κ3) is 4.08. The van der Waals surface area contributed by atoms with Crippen molar-refractivity contribution in [2.24, 2.45) is 17.8 Å². The fourth-order valence-corrected chi connectivity index (χ4v) is 6.02. The second kappa shape index (κ2) is 8.22. The second-order valence-corrected chi connectivity index (χ2v) is 10.1. The summed E-state index contributed by atoms with van der Waals surface area (Å²) >= 11 is 0. The molecule has 2 aliphatic rings. The smallest absolute Gasteiger partial charge is 0.253 e. The molecule has 2 fully saturated rings. The third-order valence-electron chi connectivity index (χ3n) is 7.79. The first-order chi connectivity index (χ1) is 15.8. The summed E-state index contributed by atoms with van der Waals surface area (Å²) in [5.41, 5.74) is 2.50. The van der Waals surface area contributed by atoms with E-state index in [4.69, 9.17) is 5.26 Å². The van der Waals surface area contributed by atoms with Crippen molar-refractivity contribution in [2.75, 3.05) is 0 Å². The molecule has 33 heavy (non-hydrogen) atoms. The molecule has 1 aromatic carbocycles. The Hall–Kier alpha value is -3.33. The minimum Gasteiger partial charge on any atom is -0.347 e. The lowest BCUT2D eigenvalue weighted by atomic mass is 9.82. The standard InChI is InChI=1S/C27H27FN4O/c1-27(2,32-26(33)16-3-5-22(14-29)31-15-16)20-11-17-9-19(10-18(17)12-20)23-7-8-30-25-6-4-21(28)13-24(23)25/h3-8,13,15,17-20H,9-12H2,1-2H3,(H,32,33)/t17-,18+,19?,20?. The van der Waals surface area contributed by atoms with Crippen molar-refractivity contribution in [3.63, 3.8) is 0 Å². The van der Waals surface area contributed by atoms with E-state index < -0.39 is 0 Å². The summed E-state index contributed by atoms with van der Waals surface area (Å²) in [6.45, 7) is 4.20. The molecule has 2 unspecified atom stereocenters. The summed E-state index contributed by atoms with van der Waals surface area (Å²) in [5.74, 6) is 1.68. The summed E-state index contributed by atoms with van der Waals surface area (Å²) in [7, 11) is 0. The van der Waals surface area contributed by atoms with Gasteiger partial charge >= 0.3 is 0 Å². The highest BCUT2D eigenvalue weighted by Gasteiger charge is 2.47. The van der Waals surface area contributed by atoms with Crippen molar-refractivity contribution in [3.05, 3.63) is 71.4 Å². The molecule has 0 spiro atoms. The summed E-state index contributed by atoms with van der Waals surface area (Å²) in [6.07, 6.45) is 7.65. The number of carbonyl (C=O) groups excluding carboxylic acids is 1. The summed E-state index contributed by atoms with van der Waals surface area (Å²) in [4.78, 5) is 21.2. The van der Waals surface area contributed by atoms with Crippen LogP contribution in [0.5, 0.6) is 0 Å². The molecule has 3 aromatic rings. The molecule has 2 aromatic heterocycles. The average Bonchev–Trinajstić information content (AvgIpc) is 3.38. The number of carbonyl (C=O) groups is 1. The monoisotopic (exact) mass is 442 g/mol. The predicted octanol–water partition coefficient (Wildman–Crippen LogP) is 5.37. The van der Waals surface area contributed by atoms with Crippen molar-refractivity contribution in [1.29, 1.82) is 5.26 Å².